The summed E-state index contributed by atoms with van der Waals surface area (Å²) in [6, 6.07) is 0. The molecule has 0 N–H and O–H groups in total. The standard InChI is InChI=1S/C26H34BrN3O2/c1-5-7-11-19(6-2)17-30-25(31)21(18(3)24(28-4)26(30)32)14-20-15-22(27)23(16-20)29-12-9-8-10-13-29/h14-15,19H,5-13,16-17H2,1-3H3/b21-14+. The van der Waals surface area contributed by atoms with E-state index in [0.29, 0.717) is 17.7 Å². The molecule has 2 heterocycles. The SMILES string of the molecule is [C-]#[N+]C1=C(C)/C(=C\C2=CC(Br)=C(N3CCCCC3)C2)C(=O)N(CC(CC)CCCC)C1=O. The van der Waals surface area contributed by atoms with Crippen LogP contribution < -0.4 is 0 Å². The largest absolute Gasteiger partial charge is 0.374 e. The van der Waals surface area contributed by atoms with Crippen molar-refractivity contribution in [2.45, 2.75) is 72.1 Å². The van der Waals surface area contributed by atoms with Gasteiger partial charge in [0, 0.05) is 41.8 Å². The Balaban J connectivity index is 1.85. The number of piperidine rings is 1. The van der Waals surface area contributed by atoms with E-state index in [9.17, 15) is 9.59 Å². The van der Waals surface area contributed by atoms with Crippen molar-refractivity contribution >= 4 is 27.7 Å². The number of imide groups is 1. The highest BCUT2D eigenvalue weighted by atomic mass is 79.9. The summed E-state index contributed by atoms with van der Waals surface area (Å²) in [7, 11) is 0. The Morgan fingerprint density at radius 1 is 1.19 bits per heavy atom. The second-order valence-corrected chi connectivity index (χ2v) is 9.87. The molecule has 0 bridgehead atoms. The van der Waals surface area contributed by atoms with Crippen LogP contribution in [0.4, 0.5) is 0 Å². The van der Waals surface area contributed by atoms with Gasteiger partial charge in [0.2, 0.25) is 0 Å². The van der Waals surface area contributed by atoms with E-state index in [1.807, 2.05) is 6.08 Å². The molecule has 5 nitrogen and oxygen atoms in total. The predicted octanol–water partition coefficient (Wildman–Crippen LogP) is 6.11. The summed E-state index contributed by atoms with van der Waals surface area (Å²) in [5, 5.41) is 0. The van der Waals surface area contributed by atoms with E-state index in [1.165, 1.54) is 29.9 Å². The number of likely N-dealkylation sites (tertiary alicyclic amines) is 1. The summed E-state index contributed by atoms with van der Waals surface area (Å²) in [6.45, 7) is 16.1. The maximum atomic E-state index is 13.4. The molecule has 1 unspecified atom stereocenters. The summed E-state index contributed by atoms with van der Waals surface area (Å²) in [5.74, 6) is -0.441. The monoisotopic (exact) mass is 499 g/mol. The van der Waals surface area contributed by atoms with Crippen LogP contribution in [0.2, 0.25) is 0 Å². The molecule has 1 atom stereocenters. The molecule has 1 aliphatic carbocycles. The van der Waals surface area contributed by atoms with E-state index in [-0.39, 0.29) is 17.5 Å². The van der Waals surface area contributed by atoms with Crippen LogP contribution >= 0.6 is 15.9 Å². The zero-order valence-electron chi connectivity index (χ0n) is 19.5. The van der Waals surface area contributed by atoms with E-state index < -0.39 is 5.91 Å². The zero-order chi connectivity index (χ0) is 23.3. The molecule has 0 spiro atoms. The highest BCUT2D eigenvalue weighted by Gasteiger charge is 2.37. The van der Waals surface area contributed by atoms with Gasteiger partial charge in [0.1, 0.15) is 0 Å². The normalized spacial score (nSPS) is 22.1. The summed E-state index contributed by atoms with van der Waals surface area (Å²) in [6.07, 6.45) is 12.5. The van der Waals surface area contributed by atoms with Gasteiger partial charge in [-0.05, 0) is 77.8 Å². The van der Waals surface area contributed by atoms with Crippen molar-refractivity contribution in [1.29, 1.82) is 0 Å². The fraction of sp³-hybridized carbons (Fsp3) is 0.577. The molecule has 0 radical (unpaired) electrons. The number of halogens is 1. The maximum Gasteiger partial charge on any atom is 0.260 e. The van der Waals surface area contributed by atoms with Gasteiger partial charge in [-0.15, -0.1) is 0 Å². The molecule has 2 amide bonds. The third-order valence-corrected chi connectivity index (χ3v) is 7.49. The average Bonchev–Trinajstić information content (AvgIpc) is 3.17. The first-order valence-corrected chi connectivity index (χ1v) is 12.7. The van der Waals surface area contributed by atoms with Gasteiger partial charge in [-0.1, -0.05) is 33.1 Å². The predicted molar refractivity (Wildman–Crippen MR) is 131 cm³/mol. The molecule has 3 aliphatic rings. The average molecular weight is 500 g/mol. The van der Waals surface area contributed by atoms with Crippen LogP contribution in [0.5, 0.6) is 0 Å². The quantitative estimate of drug-likeness (QED) is 0.229. The van der Waals surface area contributed by atoms with Crippen LogP contribution in [0.25, 0.3) is 4.85 Å². The second-order valence-electron chi connectivity index (χ2n) is 9.02. The molecule has 172 valence electrons. The number of rotatable bonds is 8. The Hall–Kier alpha value is -2.13. The van der Waals surface area contributed by atoms with Crippen molar-refractivity contribution in [2.24, 2.45) is 5.92 Å². The first kappa shape index (κ1) is 24.5. The molecule has 1 saturated heterocycles. The Morgan fingerprint density at radius 2 is 1.91 bits per heavy atom. The van der Waals surface area contributed by atoms with E-state index >= 15 is 0 Å². The number of carbonyl (C=O) groups is 2. The summed E-state index contributed by atoms with van der Waals surface area (Å²) in [4.78, 5) is 33.7. The van der Waals surface area contributed by atoms with Crippen molar-refractivity contribution in [3.63, 3.8) is 0 Å². The molecule has 2 aliphatic heterocycles. The van der Waals surface area contributed by atoms with Crippen molar-refractivity contribution < 1.29 is 9.59 Å². The molecular weight excluding hydrogens is 466 g/mol. The Kier molecular flexibility index (Phi) is 8.53. The lowest BCUT2D eigenvalue weighted by molar-refractivity contribution is -0.141. The lowest BCUT2D eigenvalue weighted by Crippen LogP contribution is -2.44. The van der Waals surface area contributed by atoms with Gasteiger partial charge in [0.15, 0.2) is 0 Å². The number of allylic oxidation sites excluding steroid dienone is 4. The van der Waals surface area contributed by atoms with Crippen molar-refractivity contribution in [2.75, 3.05) is 19.6 Å². The van der Waals surface area contributed by atoms with E-state index in [0.717, 1.165) is 55.2 Å². The Labute approximate surface area is 200 Å². The lowest BCUT2D eigenvalue weighted by Gasteiger charge is -2.31. The summed E-state index contributed by atoms with van der Waals surface area (Å²) < 4.78 is 1.07. The van der Waals surface area contributed by atoms with Crippen molar-refractivity contribution in [3.05, 3.63) is 56.2 Å². The van der Waals surface area contributed by atoms with E-state index in [1.54, 1.807) is 6.92 Å². The van der Waals surface area contributed by atoms with Crippen LogP contribution in [-0.4, -0.2) is 41.2 Å². The van der Waals surface area contributed by atoms with Gasteiger partial charge in [0.05, 0.1) is 6.57 Å². The fourth-order valence-electron chi connectivity index (χ4n) is 4.74. The van der Waals surface area contributed by atoms with Crippen LogP contribution in [-0.2, 0) is 9.59 Å². The van der Waals surface area contributed by atoms with Gasteiger partial charge >= 0.3 is 0 Å². The van der Waals surface area contributed by atoms with Gasteiger partial charge in [-0.2, -0.15) is 0 Å². The zero-order valence-corrected chi connectivity index (χ0v) is 21.1. The first-order valence-electron chi connectivity index (χ1n) is 11.9. The third-order valence-electron chi connectivity index (χ3n) is 6.81. The Bertz CT molecular complexity index is 929. The lowest BCUT2D eigenvalue weighted by atomic mass is 9.93. The van der Waals surface area contributed by atoms with Crippen molar-refractivity contribution in [1.82, 2.24) is 9.80 Å². The minimum Gasteiger partial charge on any atom is -0.374 e. The molecule has 0 aromatic heterocycles. The molecule has 6 heteroatoms. The molecule has 0 saturated carbocycles. The molecule has 1 fully saturated rings. The topological polar surface area (TPSA) is 45.0 Å². The highest BCUT2D eigenvalue weighted by molar-refractivity contribution is 9.11. The molecule has 32 heavy (non-hydrogen) atoms. The summed E-state index contributed by atoms with van der Waals surface area (Å²) >= 11 is 3.71. The highest BCUT2D eigenvalue weighted by Crippen LogP contribution is 2.36. The van der Waals surface area contributed by atoms with Gasteiger partial charge in [-0.25, -0.2) is 4.85 Å². The molecular formula is C26H34BrN3O2. The second kappa shape index (κ2) is 11.1. The smallest absolute Gasteiger partial charge is 0.260 e. The number of unbranched alkanes of at least 4 members (excludes halogenated alkanes) is 1. The number of hydrogen-bond acceptors (Lipinski definition) is 3. The fourth-order valence-corrected chi connectivity index (χ4v) is 5.42. The number of nitrogens with zero attached hydrogens (tertiary/aromatic N) is 3. The van der Waals surface area contributed by atoms with Gasteiger partial charge in [0.25, 0.3) is 17.5 Å². The molecule has 0 aromatic rings. The molecule has 3 rings (SSSR count). The van der Waals surface area contributed by atoms with Gasteiger partial charge < -0.3 is 4.90 Å². The molecule has 0 aromatic carbocycles. The van der Waals surface area contributed by atoms with Crippen LogP contribution in [0, 0.1) is 12.5 Å². The number of carbonyl (C=O) groups excluding carboxylic acids is 2. The minimum atomic E-state index is -0.441. The minimum absolute atomic E-state index is 0.0723. The van der Waals surface area contributed by atoms with Crippen LogP contribution in [0.3, 0.4) is 0 Å². The maximum absolute atomic E-state index is 13.4. The number of amides is 2. The van der Waals surface area contributed by atoms with E-state index in [4.69, 9.17) is 6.57 Å². The Morgan fingerprint density at radius 3 is 2.53 bits per heavy atom. The van der Waals surface area contributed by atoms with E-state index in [2.05, 4.69) is 45.6 Å². The first-order chi connectivity index (χ1) is 15.4. The van der Waals surface area contributed by atoms with Crippen molar-refractivity contribution in [3.8, 4) is 0 Å². The van der Waals surface area contributed by atoms with Crippen LogP contribution in [0.1, 0.15) is 72.1 Å². The number of hydrogen-bond donors (Lipinski definition) is 0. The summed E-state index contributed by atoms with van der Waals surface area (Å²) in [5.41, 5.74) is 3.36. The third kappa shape index (κ3) is 5.26. The van der Waals surface area contributed by atoms with Gasteiger partial charge in [-0.3, -0.25) is 14.5 Å². The van der Waals surface area contributed by atoms with Crippen LogP contribution in [0.15, 0.2) is 44.7 Å².